The molecule has 0 saturated carbocycles. The molecule has 0 radical (unpaired) electrons. The first-order valence-corrected chi connectivity index (χ1v) is 21.1. The molecule has 0 spiro atoms. The summed E-state index contributed by atoms with van der Waals surface area (Å²) in [6.45, 7) is 7.56. The molecule has 12 aromatic carbocycles. The lowest BCUT2D eigenvalue weighted by Crippen LogP contribution is -2.27. The Bertz CT molecular complexity index is 4060. The van der Waals surface area contributed by atoms with Gasteiger partial charge in [-0.2, -0.15) is 0 Å². The molecule has 0 aliphatic rings. The van der Waals surface area contributed by atoms with Gasteiger partial charge >= 0.3 is 0 Å². The molecule has 0 bridgehead atoms. The Morgan fingerprint density at radius 2 is 0.569 bits per heavy atom. The first-order chi connectivity index (χ1) is 28.0. The smallest absolute Gasteiger partial charge is 0.262 e. The third-order valence-electron chi connectivity index (χ3n) is 13.3. The van der Waals surface area contributed by atoms with Crippen LogP contribution < -0.4 is 22.2 Å². The van der Waals surface area contributed by atoms with E-state index in [2.05, 4.69) is 92.5 Å². The number of halogens is 2. The first kappa shape index (κ1) is 33.1. The highest BCUT2D eigenvalue weighted by Crippen LogP contribution is 2.53. The normalized spacial score (nSPS) is 13.2. The van der Waals surface area contributed by atoms with Crippen molar-refractivity contribution in [3.05, 3.63) is 135 Å². The number of aromatic nitrogens is 2. The van der Waals surface area contributed by atoms with E-state index in [4.69, 9.17) is 0 Å². The van der Waals surface area contributed by atoms with Gasteiger partial charge in [-0.3, -0.25) is 28.3 Å². The van der Waals surface area contributed by atoms with Crippen molar-refractivity contribution >= 4 is 161 Å². The molecule has 0 aliphatic heterocycles. The summed E-state index contributed by atoms with van der Waals surface area (Å²) < 4.78 is 4.70. The van der Waals surface area contributed by atoms with Crippen molar-refractivity contribution in [2.24, 2.45) is 0 Å². The Morgan fingerprint density at radius 3 is 0.914 bits per heavy atom. The maximum absolute atomic E-state index is 13.5. The highest BCUT2D eigenvalue weighted by atomic mass is 79.9. The van der Waals surface area contributed by atoms with Gasteiger partial charge in [-0.25, -0.2) is 0 Å². The zero-order valence-corrected chi connectivity index (χ0v) is 34.7. The SMILES string of the molecule is CC(C)n1c(=O)c2c3cc(Br)c4ccc5ccc6c(Br)cc(c2c1=O)c1c6c5c4c31.CC(C)n1c(=O)c2c3ccc4ccc5ccc6ccc(c2c1=O)c1c6c5c4c31. The molecule has 0 atom stereocenters. The van der Waals surface area contributed by atoms with Gasteiger partial charge in [-0.05, 0) is 148 Å². The van der Waals surface area contributed by atoms with E-state index in [1.165, 1.54) is 63.0 Å². The van der Waals surface area contributed by atoms with Crippen molar-refractivity contribution in [3.63, 3.8) is 0 Å². The number of fused-ring (bicyclic) bond motifs is 6. The lowest BCUT2D eigenvalue weighted by atomic mass is 9.95. The molecule has 2 aromatic heterocycles. The highest BCUT2D eigenvalue weighted by molar-refractivity contribution is 9.11. The van der Waals surface area contributed by atoms with Crippen molar-refractivity contribution in [1.82, 2.24) is 9.13 Å². The van der Waals surface area contributed by atoms with Crippen LogP contribution in [0.3, 0.4) is 0 Å². The van der Waals surface area contributed by atoms with Crippen LogP contribution in [-0.2, 0) is 0 Å². The summed E-state index contributed by atoms with van der Waals surface area (Å²) in [7, 11) is 0. The quantitative estimate of drug-likeness (QED) is 0.162. The predicted molar refractivity (Wildman–Crippen MR) is 250 cm³/mol. The Morgan fingerprint density at radius 1 is 0.328 bits per heavy atom. The van der Waals surface area contributed by atoms with E-state index in [0.29, 0.717) is 21.5 Å². The largest absolute Gasteiger partial charge is 0.272 e. The van der Waals surface area contributed by atoms with Crippen molar-refractivity contribution in [3.8, 4) is 0 Å². The van der Waals surface area contributed by atoms with Crippen molar-refractivity contribution in [2.75, 3.05) is 0 Å². The second-order valence-corrected chi connectivity index (χ2v) is 18.4. The molecular formula is C50H28Br2N2O4. The third kappa shape index (κ3) is 3.55. The van der Waals surface area contributed by atoms with Crippen LogP contribution in [0.4, 0.5) is 0 Å². The van der Waals surface area contributed by atoms with E-state index in [0.717, 1.165) is 62.8 Å². The molecule has 8 heteroatoms. The minimum absolute atomic E-state index is 0.163. The van der Waals surface area contributed by atoms with Gasteiger partial charge in [0, 0.05) is 21.0 Å². The van der Waals surface area contributed by atoms with Crippen molar-refractivity contribution in [2.45, 2.75) is 39.8 Å². The summed E-state index contributed by atoms with van der Waals surface area (Å²) in [5, 5.41) is 24.5. The second-order valence-electron chi connectivity index (χ2n) is 16.7. The minimum Gasteiger partial charge on any atom is -0.272 e. The fourth-order valence-electron chi connectivity index (χ4n) is 11.1. The van der Waals surface area contributed by atoms with Gasteiger partial charge in [-0.15, -0.1) is 0 Å². The summed E-state index contributed by atoms with van der Waals surface area (Å²) in [6.07, 6.45) is 0. The Labute approximate surface area is 343 Å². The molecule has 2 heterocycles. The van der Waals surface area contributed by atoms with Crippen LogP contribution in [-0.4, -0.2) is 9.13 Å². The molecule has 0 saturated heterocycles. The number of hydrogen-bond acceptors (Lipinski definition) is 4. The molecule has 14 aromatic rings. The number of nitrogens with zero attached hydrogens (tertiary/aromatic N) is 2. The zero-order chi connectivity index (χ0) is 39.5. The average molecular weight is 881 g/mol. The average Bonchev–Trinajstić information content (AvgIpc) is 3.91. The molecule has 0 fully saturated rings. The van der Waals surface area contributed by atoms with Gasteiger partial charge in [0.25, 0.3) is 22.2 Å². The fourth-order valence-corrected chi connectivity index (χ4v) is 12.2. The third-order valence-corrected chi connectivity index (χ3v) is 14.6. The zero-order valence-electron chi connectivity index (χ0n) is 31.5. The minimum atomic E-state index is -0.197. The van der Waals surface area contributed by atoms with E-state index in [1.54, 1.807) is 0 Å². The summed E-state index contributed by atoms with van der Waals surface area (Å²) in [4.78, 5) is 53.5. The molecule has 0 N–H and O–H groups in total. The topological polar surface area (TPSA) is 78.1 Å². The lowest BCUT2D eigenvalue weighted by Gasteiger charge is -2.08. The summed E-state index contributed by atoms with van der Waals surface area (Å²) in [6, 6.07) is 29.1. The van der Waals surface area contributed by atoms with Crippen molar-refractivity contribution in [1.29, 1.82) is 0 Å². The standard InChI is InChI=1S/C25H13Br2NO2.C25H15NO2/c1-9(2)28-24(29)22-13-7-15(26)11-5-3-10-4-6-12-16(27)8-14(23(22)25(28)30)21-19(12)17(10)18(11)20(13)21;1-11(2)26-24(27)22-15-9-7-13-5-3-12-4-6-14-8-10-16(23(22)25(26)28)21-19(14)17(12)18(13)20(15)21/h3-9H,1-2H3;3-11H,1-2H3. The fraction of sp³-hybridized carbons (Fsp3) is 0.120. The van der Waals surface area contributed by atoms with E-state index < -0.39 is 0 Å². The van der Waals surface area contributed by atoms with E-state index in [9.17, 15) is 19.2 Å². The molecule has 0 unspecified atom stereocenters. The maximum Gasteiger partial charge on any atom is 0.262 e. The molecule has 276 valence electrons. The Balaban J connectivity index is 0.000000121. The van der Waals surface area contributed by atoms with Gasteiger partial charge in [0.05, 0.1) is 21.5 Å². The van der Waals surface area contributed by atoms with E-state index in [1.807, 2.05) is 52.0 Å². The van der Waals surface area contributed by atoms with Crippen molar-refractivity contribution < 1.29 is 0 Å². The number of rotatable bonds is 2. The highest BCUT2D eigenvalue weighted by Gasteiger charge is 2.30. The molecular weight excluding hydrogens is 852 g/mol. The number of benzene rings is 10. The van der Waals surface area contributed by atoms with Gasteiger partial charge in [-0.1, -0.05) is 105 Å². The molecule has 0 amide bonds. The maximum atomic E-state index is 13.5. The van der Waals surface area contributed by atoms with Gasteiger partial charge in [0.1, 0.15) is 0 Å². The van der Waals surface area contributed by atoms with Gasteiger partial charge < -0.3 is 0 Å². The monoisotopic (exact) mass is 878 g/mol. The number of hydrogen-bond donors (Lipinski definition) is 0. The second kappa shape index (κ2) is 10.6. The van der Waals surface area contributed by atoms with Crippen LogP contribution in [0.15, 0.2) is 113 Å². The van der Waals surface area contributed by atoms with Crippen LogP contribution in [0.5, 0.6) is 0 Å². The molecule has 6 nitrogen and oxygen atoms in total. The van der Waals surface area contributed by atoms with E-state index in [-0.39, 0.29) is 34.3 Å². The van der Waals surface area contributed by atoms with E-state index >= 15 is 0 Å². The summed E-state index contributed by atoms with van der Waals surface area (Å²) in [5.74, 6) is 0. The van der Waals surface area contributed by atoms with Crippen LogP contribution in [0.2, 0.25) is 0 Å². The van der Waals surface area contributed by atoms with Crippen LogP contribution >= 0.6 is 31.9 Å². The Hall–Kier alpha value is -5.96. The first-order valence-electron chi connectivity index (χ1n) is 19.5. The molecule has 0 aliphatic carbocycles. The lowest BCUT2D eigenvalue weighted by molar-refractivity contribution is 0.574. The summed E-state index contributed by atoms with van der Waals surface area (Å²) in [5.41, 5.74) is -0.728. The predicted octanol–water partition coefficient (Wildman–Crippen LogP) is 12.4. The van der Waals surface area contributed by atoms with Crippen LogP contribution in [0.1, 0.15) is 39.8 Å². The molecule has 58 heavy (non-hydrogen) atoms. The summed E-state index contributed by atoms with van der Waals surface area (Å²) >= 11 is 7.48. The molecule has 14 rings (SSSR count). The van der Waals surface area contributed by atoms with Gasteiger partial charge in [0.2, 0.25) is 0 Å². The van der Waals surface area contributed by atoms with Crippen LogP contribution in [0.25, 0.3) is 129 Å². The Kier molecular flexibility index (Phi) is 6.02. The van der Waals surface area contributed by atoms with Gasteiger partial charge in [0.15, 0.2) is 0 Å². The van der Waals surface area contributed by atoms with Crippen LogP contribution in [0, 0.1) is 0 Å².